The van der Waals surface area contributed by atoms with Crippen LogP contribution in [0.5, 0.6) is 0 Å². The van der Waals surface area contributed by atoms with E-state index >= 15 is 0 Å². The number of hydrogen-bond donors (Lipinski definition) is 2. The predicted octanol–water partition coefficient (Wildman–Crippen LogP) is 1.66. The van der Waals surface area contributed by atoms with Crippen LogP contribution < -0.4 is 5.32 Å². The first kappa shape index (κ1) is 9.67. The van der Waals surface area contributed by atoms with E-state index in [0.29, 0.717) is 11.8 Å². The molecule has 1 aromatic heterocycles. The Morgan fingerprint density at radius 1 is 1.27 bits per heavy atom. The second-order valence-corrected chi connectivity index (χ2v) is 3.17. The van der Waals surface area contributed by atoms with Crippen LogP contribution in [0.25, 0.3) is 11.4 Å². The van der Waals surface area contributed by atoms with E-state index in [1.165, 1.54) is 6.92 Å². The van der Waals surface area contributed by atoms with E-state index in [4.69, 9.17) is 0 Å². The van der Waals surface area contributed by atoms with Gasteiger partial charge in [0.15, 0.2) is 12.1 Å². The molecule has 77 valence electrons. The van der Waals surface area contributed by atoms with E-state index in [0.717, 1.165) is 5.56 Å². The molecule has 0 saturated heterocycles. The molecule has 0 bridgehead atoms. The molecule has 2 N–H and O–H groups in total. The topological polar surface area (TPSA) is 73.5 Å². The molecule has 5 heteroatoms. The van der Waals surface area contributed by atoms with Gasteiger partial charge in [-0.1, -0.05) is 30.3 Å². The van der Waals surface area contributed by atoms with Gasteiger partial charge in [-0.2, -0.15) is 0 Å². The molecule has 0 aliphatic rings. The van der Waals surface area contributed by atoms with Crippen molar-refractivity contribution in [2.45, 2.75) is 13.2 Å². The zero-order valence-electron chi connectivity index (χ0n) is 8.27. The highest BCUT2D eigenvalue weighted by atomic mass is 16.3. The average molecular weight is 203 g/mol. The van der Waals surface area contributed by atoms with Crippen LogP contribution >= 0.6 is 0 Å². The van der Waals surface area contributed by atoms with Crippen molar-refractivity contribution in [1.82, 2.24) is 15.2 Å². The molecule has 0 aliphatic carbocycles. The van der Waals surface area contributed by atoms with E-state index in [2.05, 4.69) is 20.5 Å². The second kappa shape index (κ2) is 4.10. The van der Waals surface area contributed by atoms with E-state index in [1.54, 1.807) is 0 Å². The highest BCUT2D eigenvalue weighted by Gasteiger charge is 2.05. The summed E-state index contributed by atoms with van der Waals surface area (Å²) in [5.41, 5.74) is 0.941. The third-order valence-electron chi connectivity index (χ3n) is 1.87. The summed E-state index contributed by atoms with van der Waals surface area (Å²) in [7, 11) is 0. The molecule has 1 atom stereocenters. The molecule has 0 fully saturated rings. The van der Waals surface area contributed by atoms with Gasteiger partial charge in [0.25, 0.3) is 0 Å². The molecule has 0 amide bonds. The Bertz CT molecular complexity index is 424. The molecule has 0 aliphatic heterocycles. The maximum Gasteiger partial charge on any atom is 0.224 e. The summed E-state index contributed by atoms with van der Waals surface area (Å²) >= 11 is 0. The molecule has 0 spiro atoms. The number of nitrogens with one attached hydrogen (secondary N) is 2. The minimum absolute atomic E-state index is 0.399. The van der Waals surface area contributed by atoms with Gasteiger partial charge in [0.1, 0.15) is 0 Å². The molecular weight excluding hydrogens is 192 g/mol. The standard InChI is InChI=1S/C10H11N4O/c1-7(15)11-10-12-9(13-14-10)8-5-3-2-4-6-8/h2-7H,1H3,(H2,11,12,13,14). The van der Waals surface area contributed by atoms with Gasteiger partial charge >= 0.3 is 0 Å². The molecule has 1 aromatic carbocycles. The Morgan fingerprint density at radius 3 is 2.67 bits per heavy atom. The Morgan fingerprint density at radius 2 is 2.00 bits per heavy atom. The number of H-pyrrole nitrogens is 1. The van der Waals surface area contributed by atoms with Crippen molar-refractivity contribution in [1.29, 1.82) is 0 Å². The van der Waals surface area contributed by atoms with Crippen molar-refractivity contribution in [2.75, 3.05) is 5.32 Å². The Hall–Kier alpha value is -1.88. The molecule has 1 unspecified atom stereocenters. The predicted molar refractivity (Wildman–Crippen MR) is 55.6 cm³/mol. The largest absolute Gasteiger partial charge is 0.327 e. The molecule has 2 rings (SSSR count). The van der Waals surface area contributed by atoms with Crippen molar-refractivity contribution in [2.24, 2.45) is 0 Å². The van der Waals surface area contributed by atoms with Crippen molar-refractivity contribution in [3.8, 4) is 11.4 Å². The molecular formula is C10H11N4O. The summed E-state index contributed by atoms with van der Waals surface area (Å²) in [6.45, 7) is 1.50. The number of benzene rings is 1. The first-order valence-electron chi connectivity index (χ1n) is 4.66. The number of aromatic amines is 1. The Labute approximate surface area is 87.2 Å². The number of anilines is 1. The monoisotopic (exact) mass is 203 g/mol. The smallest absolute Gasteiger partial charge is 0.224 e. The van der Waals surface area contributed by atoms with Crippen LogP contribution in [0.2, 0.25) is 0 Å². The number of nitrogens with zero attached hydrogens (tertiary/aromatic N) is 2. The molecule has 5 nitrogen and oxygen atoms in total. The highest BCUT2D eigenvalue weighted by Crippen LogP contribution is 2.14. The van der Waals surface area contributed by atoms with E-state index in [-0.39, 0.29) is 0 Å². The fraction of sp³-hybridized carbons (Fsp3) is 0.200. The van der Waals surface area contributed by atoms with Gasteiger partial charge in [0.2, 0.25) is 5.95 Å². The van der Waals surface area contributed by atoms with Crippen molar-refractivity contribution >= 4 is 5.95 Å². The first-order chi connectivity index (χ1) is 7.25. The van der Waals surface area contributed by atoms with Crippen LogP contribution in [0.4, 0.5) is 5.95 Å². The molecule has 0 saturated carbocycles. The van der Waals surface area contributed by atoms with E-state index in [1.807, 2.05) is 30.3 Å². The lowest BCUT2D eigenvalue weighted by Crippen LogP contribution is -2.12. The van der Waals surface area contributed by atoms with E-state index < -0.39 is 6.23 Å². The van der Waals surface area contributed by atoms with Gasteiger partial charge in [-0.15, -0.1) is 10.2 Å². The van der Waals surface area contributed by atoms with Crippen LogP contribution in [0, 0.1) is 0 Å². The van der Waals surface area contributed by atoms with Gasteiger partial charge in [-0.05, 0) is 6.92 Å². The van der Waals surface area contributed by atoms with Crippen LogP contribution in [0.1, 0.15) is 6.92 Å². The highest BCUT2D eigenvalue weighted by molar-refractivity contribution is 5.55. The number of aromatic nitrogens is 3. The zero-order valence-corrected chi connectivity index (χ0v) is 8.27. The lowest BCUT2D eigenvalue weighted by molar-refractivity contribution is 0.129. The maximum atomic E-state index is 10.8. The van der Waals surface area contributed by atoms with Gasteiger partial charge in [0, 0.05) is 5.56 Å². The van der Waals surface area contributed by atoms with Crippen LogP contribution in [-0.2, 0) is 5.11 Å². The molecule has 15 heavy (non-hydrogen) atoms. The van der Waals surface area contributed by atoms with Gasteiger partial charge in [0.05, 0.1) is 0 Å². The summed E-state index contributed by atoms with van der Waals surface area (Å²) < 4.78 is 0. The Balaban J connectivity index is 2.21. The zero-order chi connectivity index (χ0) is 10.7. The second-order valence-electron chi connectivity index (χ2n) is 3.17. The lowest BCUT2D eigenvalue weighted by atomic mass is 10.2. The minimum Gasteiger partial charge on any atom is -0.327 e. The fourth-order valence-electron chi connectivity index (χ4n) is 1.25. The van der Waals surface area contributed by atoms with Gasteiger partial charge in [-0.3, -0.25) is 0 Å². The van der Waals surface area contributed by atoms with Crippen molar-refractivity contribution < 1.29 is 5.11 Å². The van der Waals surface area contributed by atoms with E-state index in [9.17, 15) is 5.11 Å². The molecule has 1 radical (unpaired) electrons. The summed E-state index contributed by atoms with van der Waals surface area (Å²) in [4.78, 5) is 2.93. The third kappa shape index (κ3) is 2.32. The van der Waals surface area contributed by atoms with Crippen molar-refractivity contribution in [3.63, 3.8) is 0 Å². The Kier molecular flexibility index (Phi) is 2.64. The SMILES string of the molecule is CC([O])Nc1nnc(-c2ccccc2)[nH]1. The van der Waals surface area contributed by atoms with Crippen LogP contribution in [0.15, 0.2) is 30.3 Å². The summed E-state index contributed by atoms with van der Waals surface area (Å²) in [5, 5.41) is 21.2. The van der Waals surface area contributed by atoms with Crippen LogP contribution in [-0.4, -0.2) is 21.4 Å². The maximum absolute atomic E-state index is 10.8. The lowest BCUT2D eigenvalue weighted by Gasteiger charge is -2.00. The van der Waals surface area contributed by atoms with Crippen LogP contribution in [0.3, 0.4) is 0 Å². The van der Waals surface area contributed by atoms with Gasteiger partial charge in [-0.25, -0.2) is 5.11 Å². The molecule has 2 aromatic rings. The van der Waals surface area contributed by atoms with Crippen molar-refractivity contribution in [3.05, 3.63) is 30.3 Å². The summed E-state index contributed by atoms with van der Waals surface area (Å²) in [6.07, 6.45) is -0.901. The normalized spacial score (nSPS) is 12.4. The average Bonchev–Trinajstić information content (AvgIpc) is 2.67. The number of rotatable bonds is 3. The first-order valence-corrected chi connectivity index (χ1v) is 4.66. The molecule has 1 heterocycles. The summed E-state index contributed by atoms with van der Waals surface area (Å²) in [5.74, 6) is 1.05. The number of hydrogen-bond acceptors (Lipinski definition) is 3. The quantitative estimate of drug-likeness (QED) is 0.745. The minimum atomic E-state index is -0.901. The summed E-state index contributed by atoms with van der Waals surface area (Å²) in [6, 6.07) is 9.61. The third-order valence-corrected chi connectivity index (χ3v) is 1.87. The van der Waals surface area contributed by atoms with Gasteiger partial charge < -0.3 is 10.3 Å². The fourth-order valence-corrected chi connectivity index (χ4v) is 1.25.